The zero-order chi connectivity index (χ0) is 10.7. The van der Waals surface area contributed by atoms with Gasteiger partial charge in [-0.3, -0.25) is 0 Å². The highest BCUT2D eigenvalue weighted by molar-refractivity contribution is 6.17. The van der Waals surface area contributed by atoms with Crippen LogP contribution in [-0.2, 0) is 5.88 Å². The van der Waals surface area contributed by atoms with E-state index in [4.69, 9.17) is 17.3 Å². The Labute approximate surface area is 94.5 Å². The number of halogens is 1. The summed E-state index contributed by atoms with van der Waals surface area (Å²) in [6.45, 7) is 0. The smallest absolute Gasteiger partial charge is 0.0474 e. The molecule has 0 amide bonds. The summed E-state index contributed by atoms with van der Waals surface area (Å²) in [4.78, 5) is 0. The van der Waals surface area contributed by atoms with Crippen molar-refractivity contribution in [1.82, 2.24) is 0 Å². The van der Waals surface area contributed by atoms with Gasteiger partial charge in [0.15, 0.2) is 0 Å². The fourth-order valence-corrected chi connectivity index (χ4v) is 1.72. The maximum atomic E-state index is 5.93. The third-order valence-electron chi connectivity index (χ3n) is 2.36. The number of hydrogen-bond acceptors (Lipinski definition) is 1. The Morgan fingerprint density at radius 1 is 1.00 bits per heavy atom. The number of nitrogens with two attached hydrogens (primary N) is 1. The second kappa shape index (κ2) is 4.37. The molecule has 0 fully saturated rings. The maximum Gasteiger partial charge on any atom is 0.0474 e. The largest absolute Gasteiger partial charge is 0.398 e. The zero-order valence-electron chi connectivity index (χ0n) is 8.28. The van der Waals surface area contributed by atoms with E-state index in [-0.39, 0.29) is 0 Å². The lowest BCUT2D eigenvalue weighted by molar-refractivity contribution is 1.40. The molecule has 2 aromatic rings. The highest BCUT2D eigenvalue weighted by Gasteiger charge is 2.02. The van der Waals surface area contributed by atoms with E-state index in [0.717, 1.165) is 22.4 Å². The standard InChI is InChI=1S/C13H12ClN/c14-9-10-6-7-13(15)12(8-10)11-4-2-1-3-5-11/h1-8H,9,15H2. The third kappa shape index (κ3) is 2.13. The monoisotopic (exact) mass is 217 g/mol. The summed E-state index contributed by atoms with van der Waals surface area (Å²) in [5.74, 6) is 0.514. The molecule has 1 nitrogen and oxygen atoms in total. The molecule has 0 spiro atoms. The quantitative estimate of drug-likeness (QED) is 0.603. The second-order valence-electron chi connectivity index (χ2n) is 3.42. The van der Waals surface area contributed by atoms with Gasteiger partial charge in [0.1, 0.15) is 0 Å². The Hall–Kier alpha value is -1.47. The summed E-state index contributed by atoms with van der Waals surface area (Å²) in [5.41, 5.74) is 9.98. The average Bonchev–Trinajstić information content (AvgIpc) is 2.31. The van der Waals surface area contributed by atoms with Gasteiger partial charge < -0.3 is 5.73 Å². The highest BCUT2D eigenvalue weighted by Crippen LogP contribution is 2.27. The van der Waals surface area contributed by atoms with Crippen molar-refractivity contribution in [1.29, 1.82) is 0 Å². The first-order chi connectivity index (χ1) is 7.31. The van der Waals surface area contributed by atoms with E-state index in [2.05, 4.69) is 0 Å². The van der Waals surface area contributed by atoms with Crippen LogP contribution in [0.2, 0.25) is 0 Å². The lowest BCUT2D eigenvalue weighted by Crippen LogP contribution is -1.91. The Morgan fingerprint density at radius 3 is 2.40 bits per heavy atom. The predicted octanol–water partition coefficient (Wildman–Crippen LogP) is 3.67. The van der Waals surface area contributed by atoms with Gasteiger partial charge in [0.25, 0.3) is 0 Å². The molecule has 0 atom stereocenters. The van der Waals surface area contributed by atoms with E-state index in [1.807, 2.05) is 48.5 Å². The summed E-state index contributed by atoms with van der Waals surface area (Å²) in [7, 11) is 0. The molecule has 0 aliphatic carbocycles. The van der Waals surface area contributed by atoms with Gasteiger partial charge in [0, 0.05) is 17.1 Å². The molecule has 76 valence electrons. The van der Waals surface area contributed by atoms with E-state index in [1.165, 1.54) is 0 Å². The van der Waals surface area contributed by atoms with Crippen LogP contribution < -0.4 is 5.73 Å². The van der Waals surface area contributed by atoms with Crippen molar-refractivity contribution in [2.24, 2.45) is 0 Å². The molecule has 0 heterocycles. The topological polar surface area (TPSA) is 26.0 Å². The van der Waals surface area contributed by atoms with E-state index in [0.29, 0.717) is 5.88 Å². The second-order valence-corrected chi connectivity index (χ2v) is 3.69. The van der Waals surface area contributed by atoms with Gasteiger partial charge in [0.2, 0.25) is 0 Å². The lowest BCUT2D eigenvalue weighted by Gasteiger charge is -2.07. The summed E-state index contributed by atoms with van der Waals surface area (Å²) in [5, 5.41) is 0. The fourth-order valence-electron chi connectivity index (χ4n) is 1.55. The minimum absolute atomic E-state index is 0.514. The lowest BCUT2D eigenvalue weighted by atomic mass is 10.0. The molecule has 2 aromatic carbocycles. The van der Waals surface area contributed by atoms with Gasteiger partial charge in [-0.2, -0.15) is 0 Å². The SMILES string of the molecule is Nc1ccc(CCl)cc1-c1ccccc1. The summed E-state index contributed by atoms with van der Waals surface area (Å²) < 4.78 is 0. The van der Waals surface area contributed by atoms with Crippen molar-refractivity contribution in [2.75, 3.05) is 5.73 Å². The Balaban J connectivity index is 2.52. The summed E-state index contributed by atoms with van der Waals surface area (Å²) in [6, 6.07) is 16.0. The van der Waals surface area contributed by atoms with Gasteiger partial charge in [-0.15, -0.1) is 11.6 Å². The van der Waals surface area contributed by atoms with E-state index in [1.54, 1.807) is 0 Å². The summed E-state index contributed by atoms with van der Waals surface area (Å²) >= 11 is 5.80. The number of benzene rings is 2. The van der Waals surface area contributed by atoms with E-state index < -0.39 is 0 Å². The molecule has 0 saturated heterocycles. The van der Waals surface area contributed by atoms with Crippen molar-refractivity contribution in [3.63, 3.8) is 0 Å². The van der Waals surface area contributed by atoms with E-state index in [9.17, 15) is 0 Å². The van der Waals surface area contributed by atoms with Crippen LogP contribution in [0, 0.1) is 0 Å². The highest BCUT2D eigenvalue weighted by atomic mass is 35.5. The van der Waals surface area contributed by atoms with Crippen LogP contribution in [0.15, 0.2) is 48.5 Å². The van der Waals surface area contributed by atoms with Gasteiger partial charge >= 0.3 is 0 Å². The molecule has 2 heteroatoms. The minimum Gasteiger partial charge on any atom is -0.398 e. The van der Waals surface area contributed by atoms with Crippen LogP contribution in [0.5, 0.6) is 0 Å². The van der Waals surface area contributed by atoms with Crippen LogP contribution in [0.25, 0.3) is 11.1 Å². The first kappa shape index (κ1) is 10.1. The molecule has 2 N–H and O–H groups in total. The van der Waals surface area contributed by atoms with E-state index >= 15 is 0 Å². The Kier molecular flexibility index (Phi) is 2.93. The average molecular weight is 218 g/mol. The van der Waals surface area contributed by atoms with Crippen molar-refractivity contribution in [3.8, 4) is 11.1 Å². The first-order valence-corrected chi connectivity index (χ1v) is 5.34. The van der Waals surface area contributed by atoms with Gasteiger partial charge in [0.05, 0.1) is 0 Å². The molecular weight excluding hydrogens is 206 g/mol. The molecule has 0 aliphatic rings. The van der Waals surface area contributed by atoms with Gasteiger partial charge in [-0.1, -0.05) is 36.4 Å². The van der Waals surface area contributed by atoms with Crippen LogP contribution in [-0.4, -0.2) is 0 Å². The summed E-state index contributed by atoms with van der Waals surface area (Å²) in [6.07, 6.45) is 0. The number of nitrogen functional groups attached to an aromatic ring is 1. The molecule has 0 unspecified atom stereocenters. The molecular formula is C13H12ClN. The number of anilines is 1. The fraction of sp³-hybridized carbons (Fsp3) is 0.0769. The Bertz CT molecular complexity index is 451. The number of rotatable bonds is 2. The number of hydrogen-bond donors (Lipinski definition) is 1. The van der Waals surface area contributed by atoms with Crippen molar-refractivity contribution >= 4 is 17.3 Å². The minimum atomic E-state index is 0.514. The van der Waals surface area contributed by atoms with Crippen LogP contribution in [0.1, 0.15) is 5.56 Å². The van der Waals surface area contributed by atoms with Gasteiger partial charge in [-0.05, 0) is 23.3 Å². The molecule has 0 radical (unpaired) electrons. The molecule has 0 saturated carbocycles. The first-order valence-electron chi connectivity index (χ1n) is 4.81. The molecule has 0 aliphatic heterocycles. The van der Waals surface area contributed by atoms with Crippen molar-refractivity contribution < 1.29 is 0 Å². The Morgan fingerprint density at radius 2 is 1.73 bits per heavy atom. The zero-order valence-corrected chi connectivity index (χ0v) is 9.04. The van der Waals surface area contributed by atoms with Crippen LogP contribution in [0.3, 0.4) is 0 Å². The van der Waals surface area contributed by atoms with Crippen molar-refractivity contribution in [3.05, 3.63) is 54.1 Å². The van der Waals surface area contributed by atoms with Crippen molar-refractivity contribution in [2.45, 2.75) is 5.88 Å². The predicted molar refractivity (Wildman–Crippen MR) is 65.8 cm³/mol. The maximum absolute atomic E-state index is 5.93. The van der Waals surface area contributed by atoms with Crippen LogP contribution in [0.4, 0.5) is 5.69 Å². The molecule has 2 rings (SSSR count). The number of alkyl halides is 1. The molecule has 0 bridgehead atoms. The normalized spacial score (nSPS) is 10.2. The molecule has 15 heavy (non-hydrogen) atoms. The third-order valence-corrected chi connectivity index (χ3v) is 2.67. The van der Waals surface area contributed by atoms with Gasteiger partial charge in [-0.25, -0.2) is 0 Å². The van der Waals surface area contributed by atoms with Crippen LogP contribution >= 0.6 is 11.6 Å². The molecule has 0 aromatic heterocycles.